The molecule has 2 amide bonds. The van der Waals surface area contributed by atoms with Gasteiger partial charge in [0.25, 0.3) is 5.91 Å². The zero-order chi connectivity index (χ0) is 22.2. The number of morpholine rings is 1. The number of carbonyl (C=O) groups excluding carboxylic acids is 2. The van der Waals surface area contributed by atoms with Crippen LogP contribution in [-0.4, -0.2) is 49.1 Å². The fraction of sp³-hybridized carbons (Fsp3) is 0.292. The molecule has 4 rings (SSSR count). The van der Waals surface area contributed by atoms with Crippen LogP contribution in [0, 0.1) is 0 Å². The van der Waals surface area contributed by atoms with Gasteiger partial charge in [0.05, 0.1) is 18.1 Å². The summed E-state index contributed by atoms with van der Waals surface area (Å²) in [6, 6.07) is 16.5. The van der Waals surface area contributed by atoms with Crippen molar-refractivity contribution < 1.29 is 14.3 Å². The Hall–Kier alpha value is -3.23. The molecule has 0 bridgehead atoms. The molecule has 1 aliphatic rings. The maximum Gasteiger partial charge on any atom is 0.262 e. The molecule has 166 valence electrons. The Morgan fingerprint density at radius 2 is 1.84 bits per heavy atom. The van der Waals surface area contributed by atoms with E-state index in [1.54, 1.807) is 12.3 Å². The number of hydrogen-bond donors (Lipinski definition) is 2. The SMILES string of the molecule is O=C(NC(Cc1ccccc1)C(=O)NCc1ccc(N2CCOCC2)nc1)c1cccs1. The van der Waals surface area contributed by atoms with Gasteiger partial charge in [0, 0.05) is 32.3 Å². The quantitative estimate of drug-likeness (QED) is 0.551. The van der Waals surface area contributed by atoms with E-state index in [9.17, 15) is 9.59 Å². The van der Waals surface area contributed by atoms with Crippen LogP contribution in [0.3, 0.4) is 0 Å². The highest BCUT2D eigenvalue weighted by molar-refractivity contribution is 7.12. The van der Waals surface area contributed by atoms with Crippen molar-refractivity contribution in [1.29, 1.82) is 0 Å². The number of thiophene rings is 1. The summed E-state index contributed by atoms with van der Waals surface area (Å²) in [5.74, 6) is 0.442. The first kappa shape index (κ1) is 22.0. The van der Waals surface area contributed by atoms with Gasteiger partial charge in [-0.3, -0.25) is 9.59 Å². The van der Waals surface area contributed by atoms with Gasteiger partial charge < -0.3 is 20.3 Å². The summed E-state index contributed by atoms with van der Waals surface area (Å²) in [5.41, 5.74) is 1.88. The second-order valence-electron chi connectivity index (χ2n) is 7.53. The fourth-order valence-electron chi connectivity index (χ4n) is 3.51. The molecule has 0 aliphatic carbocycles. The fourth-order valence-corrected chi connectivity index (χ4v) is 4.14. The zero-order valence-electron chi connectivity index (χ0n) is 17.7. The number of amides is 2. The van der Waals surface area contributed by atoms with Gasteiger partial charge in [-0.1, -0.05) is 42.5 Å². The predicted molar refractivity (Wildman–Crippen MR) is 125 cm³/mol. The van der Waals surface area contributed by atoms with Crippen LogP contribution in [0.5, 0.6) is 0 Å². The third-order valence-corrected chi connectivity index (χ3v) is 6.13. The van der Waals surface area contributed by atoms with Crippen molar-refractivity contribution in [3.63, 3.8) is 0 Å². The Morgan fingerprint density at radius 3 is 2.53 bits per heavy atom. The number of nitrogens with one attached hydrogen (secondary N) is 2. The summed E-state index contributed by atoms with van der Waals surface area (Å²) in [6.07, 6.45) is 2.19. The van der Waals surface area contributed by atoms with Gasteiger partial charge in [-0.2, -0.15) is 0 Å². The van der Waals surface area contributed by atoms with Crippen LogP contribution in [0.1, 0.15) is 20.8 Å². The molecule has 1 aliphatic heterocycles. The largest absolute Gasteiger partial charge is 0.378 e. The van der Waals surface area contributed by atoms with Crippen molar-refractivity contribution >= 4 is 29.0 Å². The third-order valence-electron chi connectivity index (χ3n) is 5.26. The van der Waals surface area contributed by atoms with E-state index in [1.807, 2.05) is 53.9 Å². The average molecular weight is 451 g/mol. The van der Waals surface area contributed by atoms with Gasteiger partial charge in [-0.05, 0) is 28.6 Å². The number of aromatic nitrogens is 1. The number of carbonyl (C=O) groups is 2. The molecule has 32 heavy (non-hydrogen) atoms. The van der Waals surface area contributed by atoms with Gasteiger partial charge >= 0.3 is 0 Å². The van der Waals surface area contributed by atoms with Gasteiger partial charge in [0.15, 0.2) is 0 Å². The molecule has 7 nitrogen and oxygen atoms in total. The molecule has 3 heterocycles. The number of benzene rings is 1. The van der Waals surface area contributed by atoms with Crippen molar-refractivity contribution in [2.24, 2.45) is 0 Å². The number of anilines is 1. The molecule has 3 aromatic rings. The number of rotatable bonds is 8. The highest BCUT2D eigenvalue weighted by atomic mass is 32.1. The van der Waals surface area contributed by atoms with Crippen molar-refractivity contribution in [1.82, 2.24) is 15.6 Å². The minimum Gasteiger partial charge on any atom is -0.378 e. The lowest BCUT2D eigenvalue weighted by Crippen LogP contribution is -2.47. The predicted octanol–water partition coefficient (Wildman–Crippen LogP) is 2.64. The smallest absolute Gasteiger partial charge is 0.262 e. The Bertz CT molecular complexity index is 1000. The maximum absolute atomic E-state index is 13.0. The Labute approximate surface area is 191 Å². The summed E-state index contributed by atoms with van der Waals surface area (Å²) in [4.78, 5) is 32.8. The van der Waals surface area contributed by atoms with Crippen LogP contribution in [0.2, 0.25) is 0 Å². The molecule has 1 atom stereocenters. The highest BCUT2D eigenvalue weighted by Crippen LogP contribution is 2.13. The number of pyridine rings is 1. The first-order valence-electron chi connectivity index (χ1n) is 10.6. The Balaban J connectivity index is 1.38. The normalized spacial score (nSPS) is 14.6. The van der Waals surface area contributed by atoms with E-state index in [-0.39, 0.29) is 11.8 Å². The summed E-state index contributed by atoms with van der Waals surface area (Å²) in [7, 11) is 0. The van der Waals surface area contributed by atoms with Gasteiger partial charge in [-0.25, -0.2) is 4.98 Å². The van der Waals surface area contributed by atoms with Crippen molar-refractivity contribution in [2.75, 3.05) is 31.2 Å². The van der Waals surface area contributed by atoms with Crippen LogP contribution in [0.25, 0.3) is 0 Å². The van der Waals surface area contributed by atoms with Crippen molar-refractivity contribution in [3.8, 4) is 0 Å². The molecule has 1 fully saturated rings. The Kier molecular flexibility index (Phi) is 7.47. The Morgan fingerprint density at radius 1 is 1.03 bits per heavy atom. The first-order valence-corrected chi connectivity index (χ1v) is 11.5. The summed E-state index contributed by atoms with van der Waals surface area (Å²) < 4.78 is 5.38. The average Bonchev–Trinajstić information content (AvgIpc) is 3.39. The van der Waals surface area contributed by atoms with Crippen LogP contribution in [0.15, 0.2) is 66.2 Å². The number of ether oxygens (including phenoxy) is 1. The van der Waals surface area contributed by atoms with E-state index in [0.29, 0.717) is 31.1 Å². The van der Waals surface area contributed by atoms with Crippen LogP contribution >= 0.6 is 11.3 Å². The third kappa shape index (κ3) is 5.93. The van der Waals surface area contributed by atoms with Gasteiger partial charge in [-0.15, -0.1) is 11.3 Å². The van der Waals surface area contributed by atoms with Gasteiger partial charge in [0.1, 0.15) is 11.9 Å². The van der Waals surface area contributed by atoms with Crippen molar-refractivity contribution in [2.45, 2.75) is 19.0 Å². The topological polar surface area (TPSA) is 83.6 Å². The molecule has 0 radical (unpaired) electrons. The molecule has 1 aromatic carbocycles. The molecule has 2 N–H and O–H groups in total. The van der Waals surface area contributed by atoms with E-state index in [4.69, 9.17) is 4.74 Å². The lowest BCUT2D eigenvalue weighted by Gasteiger charge is -2.27. The van der Waals surface area contributed by atoms with E-state index in [1.165, 1.54) is 11.3 Å². The molecular weight excluding hydrogens is 424 g/mol. The van der Waals surface area contributed by atoms with E-state index < -0.39 is 6.04 Å². The van der Waals surface area contributed by atoms with Crippen LogP contribution in [0.4, 0.5) is 5.82 Å². The second kappa shape index (κ2) is 10.9. The molecular formula is C24H26N4O3S. The number of nitrogens with zero attached hydrogens (tertiary/aromatic N) is 2. The summed E-state index contributed by atoms with van der Waals surface area (Å²) in [6.45, 7) is 3.41. The standard InChI is InChI=1S/C24H26N4O3S/c29-23(26-17-19-8-9-22(25-16-19)28-10-12-31-13-11-28)20(15-18-5-2-1-3-6-18)27-24(30)21-7-4-14-32-21/h1-9,14,16,20H,10-13,15,17H2,(H,26,29)(H,27,30). The first-order chi connectivity index (χ1) is 15.7. The zero-order valence-corrected chi connectivity index (χ0v) is 18.5. The summed E-state index contributed by atoms with van der Waals surface area (Å²) in [5, 5.41) is 7.67. The second-order valence-corrected chi connectivity index (χ2v) is 8.48. The molecule has 1 unspecified atom stereocenters. The maximum atomic E-state index is 13.0. The van der Waals surface area contributed by atoms with E-state index in [0.717, 1.165) is 30.0 Å². The molecule has 0 spiro atoms. The minimum atomic E-state index is -0.674. The number of hydrogen-bond acceptors (Lipinski definition) is 6. The lowest BCUT2D eigenvalue weighted by molar-refractivity contribution is -0.123. The lowest BCUT2D eigenvalue weighted by atomic mass is 10.0. The molecule has 2 aromatic heterocycles. The molecule has 8 heteroatoms. The van der Waals surface area contributed by atoms with E-state index >= 15 is 0 Å². The molecule has 1 saturated heterocycles. The highest BCUT2D eigenvalue weighted by Gasteiger charge is 2.22. The van der Waals surface area contributed by atoms with Crippen molar-refractivity contribution in [3.05, 3.63) is 82.2 Å². The summed E-state index contributed by atoms with van der Waals surface area (Å²) >= 11 is 1.35. The van der Waals surface area contributed by atoms with Gasteiger partial charge in [0.2, 0.25) is 5.91 Å². The van der Waals surface area contributed by atoms with Crippen LogP contribution in [-0.2, 0) is 22.5 Å². The monoisotopic (exact) mass is 450 g/mol. The van der Waals surface area contributed by atoms with E-state index in [2.05, 4.69) is 20.5 Å². The molecule has 0 saturated carbocycles. The van der Waals surface area contributed by atoms with Crippen LogP contribution < -0.4 is 15.5 Å². The minimum absolute atomic E-state index is 0.226.